The van der Waals surface area contributed by atoms with Gasteiger partial charge in [0.05, 0.1) is 6.67 Å². The molecule has 6 heteroatoms. The first-order valence-corrected chi connectivity index (χ1v) is 10.7. The molecule has 1 saturated carbocycles. The lowest BCUT2D eigenvalue weighted by Crippen LogP contribution is -2.44. The van der Waals surface area contributed by atoms with Gasteiger partial charge in [0.1, 0.15) is 11.4 Å². The SMILES string of the molecule is C[C@@]1(c2ccc3c(c2)CCC3)NC(=O)N(CN(Cc2ccc(F)cc2)C2CC2)C1=O. The highest BCUT2D eigenvalue weighted by Gasteiger charge is 2.50. The fraction of sp³-hybridized carbons (Fsp3) is 0.417. The Morgan fingerprint density at radius 1 is 1.10 bits per heavy atom. The lowest BCUT2D eigenvalue weighted by atomic mass is 9.90. The zero-order chi connectivity index (χ0) is 20.9. The van der Waals surface area contributed by atoms with Gasteiger partial charge in [0.25, 0.3) is 5.91 Å². The van der Waals surface area contributed by atoms with Crippen molar-refractivity contribution in [2.75, 3.05) is 6.67 Å². The number of amides is 3. The third-order valence-corrected chi connectivity index (χ3v) is 6.64. The van der Waals surface area contributed by atoms with E-state index in [2.05, 4.69) is 22.3 Å². The molecule has 0 spiro atoms. The second-order valence-electron chi connectivity index (χ2n) is 8.87. The number of nitrogens with zero attached hydrogens (tertiary/aromatic N) is 2. The largest absolute Gasteiger partial charge is 0.326 e. The van der Waals surface area contributed by atoms with Crippen LogP contribution in [-0.4, -0.2) is 34.4 Å². The quantitative estimate of drug-likeness (QED) is 0.743. The van der Waals surface area contributed by atoms with E-state index in [9.17, 15) is 14.0 Å². The van der Waals surface area contributed by atoms with E-state index >= 15 is 0 Å². The Morgan fingerprint density at radius 3 is 2.57 bits per heavy atom. The highest BCUT2D eigenvalue weighted by Crippen LogP contribution is 2.34. The third kappa shape index (κ3) is 3.39. The van der Waals surface area contributed by atoms with Crippen LogP contribution in [0, 0.1) is 5.82 Å². The van der Waals surface area contributed by atoms with E-state index in [4.69, 9.17) is 0 Å². The van der Waals surface area contributed by atoms with Crippen molar-refractivity contribution in [3.05, 3.63) is 70.5 Å². The molecule has 1 atom stereocenters. The molecule has 2 aliphatic carbocycles. The standard InChI is InChI=1S/C24H26FN3O2/c1-24(19-8-7-17-3-2-4-18(17)13-19)22(29)28(23(30)26-24)15-27(21-11-12-21)14-16-5-9-20(25)10-6-16/h5-10,13,21H,2-4,11-12,14-15H2,1H3,(H,26,30)/t24-/m0/s1. The first-order valence-electron chi connectivity index (χ1n) is 10.7. The molecule has 1 aliphatic heterocycles. The molecule has 0 unspecified atom stereocenters. The van der Waals surface area contributed by atoms with Gasteiger partial charge in [-0.05, 0) is 73.4 Å². The summed E-state index contributed by atoms with van der Waals surface area (Å²) in [6, 6.07) is 12.5. The summed E-state index contributed by atoms with van der Waals surface area (Å²) in [5.74, 6) is -0.480. The Morgan fingerprint density at radius 2 is 1.83 bits per heavy atom. The molecule has 2 aromatic carbocycles. The van der Waals surface area contributed by atoms with E-state index in [1.807, 2.05) is 6.07 Å². The second-order valence-corrected chi connectivity index (χ2v) is 8.87. The zero-order valence-corrected chi connectivity index (χ0v) is 17.2. The van der Waals surface area contributed by atoms with E-state index in [0.29, 0.717) is 12.6 Å². The molecule has 0 bridgehead atoms. The molecular formula is C24H26FN3O2. The number of rotatable bonds is 6. The highest BCUT2D eigenvalue weighted by atomic mass is 19.1. The summed E-state index contributed by atoms with van der Waals surface area (Å²) in [5, 5.41) is 2.93. The van der Waals surface area contributed by atoms with E-state index in [-0.39, 0.29) is 24.4 Å². The molecule has 2 fully saturated rings. The smallest absolute Gasteiger partial charge is 0.319 e. The van der Waals surface area contributed by atoms with Crippen LogP contribution in [0.1, 0.15) is 48.4 Å². The summed E-state index contributed by atoms with van der Waals surface area (Å²) >= 11 is 0. The predicted octanol–water partition coefficient (Wildman–Crippen LogP) is 3.70. The maximum absolute atomic E-state index is 13.4. The van der Waals surface area contributed by atoms with Crippen LogP contribution in [0.3, 0.4) is 0 Å². The first-order chi connectivity index (χ1) is 14.4. The van der Waals surface area contributed by atoms with E-state index < -0.39 is 5.54 Å². The van der Waals surface area contributed by atoms with Gasteiger partial charge in [-0.2, -0.15) is 0 Å². The molecule has 3 amide bonds. The van der Waals surface area contributed by atoms with Gasteiger partial charge < -0.3 is 5.32 Å². The molecule has 0 aromatic heterocycles. The van der Waals surface area contributed by atoms with Crippen molar-refractivity contribution < 1.29 is 14.0 Å². The average molecular weight is 407 g/mol. The lowest BCUT2D eigenvalue weighted by Gasteiger charge is -2.27. The Bertz CT molecular complexity index is 1000. The van der Waals surface area contributed by atoms with Gasteiger partial charge in [-0.1, -0.05) is 30.3 Å². The number of aryl methyl sites for hydroxylation is 2. The summed E-state index contributed by atoms with van der Waals surface area (Å²) in [6.45, 7) is 2.62. The molecule has 3 aliphatic rings. The van der Waals surface area contributed by atoms with E-state index in [0.717, 1.165) is 43.2 Å². The number of halogens is 1. The normalized spacial score (nSPS) is 23.2. The minimum absolute atomic E-state index is 0.213. The van der Waals surface area contributed by atoms with Crippen molar-refractivity contribution in [3.8, 4) is 0 Å². The molecule has 2 aromatic rings. The number of nitrogens with one attached hydrogen (secondary N) is 1. The van der Waals surface area contributed by atoms with E-state index in [1.165, 1.54) is 28.2 Å². The molecule has 1 N–H and O–H groups in total. The van der Waals surface area contributed by atoms with Gasteiger partial charge in [0, 0.05) is 12.6 Å². The van der Waals surface area contributed by atoms with Crippen molar-refractivity contribution in [2.45, 2.75) is 57.2 Å². The number of hydrogen-bond acceptors (Lipinski definition) is 3. The van der Waals surface area contributed by atoms with Crippen molar-refractivity contribution in [1.82, 2.24) is 15.1 Å². The Balaban J connectivity index is 1.36. The average Bonchev–Trinajstić information content (AvgIpc) is 3.43. The van der Waals surface area contributed by atoms with Gasteiger partial charge in [-0.25, -0.2) is 14.1 Å². The number of urea groups is 1. The van der Waals surface area contributed by atoms with Gasteiger partial charge in [-0.15, -0.1) is 0 Å². The summed E-state index contributed by atoms with van der Waals surface area (Å²) < 4.78 is 13.2. The number of benzene rings is 2. The number of carbonyl (C=O) groups excluding carboxylic acids is 2. The number of carbonyl (C=O) groups is 2. The van der Waals surface area contributed by atoms with Crippen molar-refractivity contribution >= 4 is 11.9 Å². The van der Waals surface area contributed by atoms with Crippen molar-refractivity contribution in [3.63, 3.8) is 0 Å². The van der Waals surface area contributed by atoms with Crippen LogP contribution in [-0.2, 0) is 29.7 Å². The van der Waals surface area contributed by atoms with E-state index in [1.54, 1.807) is 19.1 Å². The number of fused-ring (bicyclic) bond motifs is 1. The molecular weight excluding hydrogens is 381 g/mol. The fourth-order valence-electron chi connectivity index (χ4n) is 4.64. The summed E-state index contributed by atoms with van der Waals surface area (Å²) in [7, 11) is 0. The van der Waals surface area contributed by atoms with Gasteiger partial charge in [0.15, 0.2) is 0 Å². The topological polar surface area (TPSA) is 52.7 Å². The molecule has 5 nitrogen and oxygen atoms in total. The van der Waals surface area contributed by atoms with Gasteiger partial charge >= 0.3 is 6.03 Å². The van der Waals surface area contributed by atoms with Crippen LogP contribution < -0.4 is 5.32 Å². The van der Waals surface area contributed by atoms with Crippen LogP contribution in [0.15, 0.2) is 42.5 Å². The summed E-state index contributed by atoms with van der Waals surface area (Å²) in [5.41, 5.74) is 3.40. The van der Waals surface area contributed by atoms with Crippen LogP contribution in [0.4, 0.5) is 9.18 Å². The maximum atomic E-state index is 13.4. The predicted molar refractivity (Wildman–Crippen MR) is 111 cm³/mol. The van der Waals surface area contributed by atoms with Crippen LogP contribution in [0.2, 0.25) is 0 Å². The van der Waals surface area contributed by atoms with Crippen LogP contribution in [0.25, 0.3) is 0 Å². The second kappa shape index (κ2) is 7.20. The van der Waals surface area contributed by atoms with Crippen LogP contribution >= 0.6 is 0 Å². The minimum atomic E-state index is -1.04. The summed E-state index contributed by atoms with van der Waals surface area (Å²) in [4.78, 5) is 29.6. The van der Waals surface area contributed by atoms with Gasteiger partial charge in [0.2, 0.25) is 0 Å². The Kier molecular flexibility index (Phi) is 4.62. The fourth-order valence-corrected chi connectivity index (χ4v) is 4.64. The monoisotopic (exact) mass is 407 g/mol. The Labute approximate surface area is 175 Å². The van der Waals surface area contributed by atoms with Crippen molar-refractivity contribution in [2.24, 2.45) is 0 Å². The first kappa shape index (κ1) is 19.2. The number of hydrogen-bond donors (Lipinski definition) is 1. The Hall–Kier alpha value is -2.73. The number of imide groups is 1. The molecule has 156 valence electrons. The maximum Gasteiger partial charge on any atom is 0.326 e. The molecule has 5 rings (SSSR count). The van der Waals surface area contributed by atoms with Gasteiger partial charge in [-0.3, -0.25) is 9.69 Å². The van der Waals surface area contributed by atoms with Crippen LogP contribution in [0.5, 0.6) is 0 Å². The molecule has 1 saturated heterocycles. The summed E-state index contributed by atoms with van der Waals surface area (Å²) in [6.07, 6.45) is 5.35. The highest BCUT2D eigenvalue weighted by molar-refractivity contribution is 6.07. The molecule has 0 radical (unpaired) electrons. The van der Waals surface area contributed by atoms with Crippen molar-refractivity contribution in [1.29, 1.82) is 0 Å². The lowest BCUT2D eigenvalue weighted by molar-refractivity contribution is -0.132. The molecule has 1 heterocycles. The zero-order valence-electron chi connectivity index (χ0n) is 17.2. The minimum Gasteiger partial charge on any atom is -0.319 e. The third-order valence-electron chi connectivity index (χ3n) is 6.64. The molecule has 30 heavy (non-hydrogen) atoms.